The van der Waals surface area contributed by atoms with Crippen molar-refractivity contribution in [3.63, 3.8) is 0 Å². The first-order valence-electron chi connectivity index (χ1n) is 4.45. The summed E-state index contributed by atoms with van der Waals surface area (Å²) < 4.78 is 5.58. The van der Waals surface area contributed by atoms with Gasteiger partial charge >= 0.3 is 0 Å². The second-order valence-corrected chi connectivity index (χ2v) is 3.81. The van der Waals surface area contributed by atoms with Gasteiger partial charge in [-0.2, -0.15) is 0 Å². The van der Waals surface area contributed by atoms with Crippen molar-refractivity contribution in [3.8, 4) is 5.75 Å². The van der Waals surface area contributed by atoms with Crippen molar-refractivity contribution in [2.24, 2.45) is 4.99 Å². The van der Waals surface area contributed by atoms with Crippen molar-refractivity contribution < 1.29 is 4.74 Å². The van der Waals surface area contributed by atoms with Gasteiger partial charge in [0.05, 0.1) is 0 Å². The third-order valence-electron chi connectivity index (χ3n) is 1.84. The molecule has 3 heteroatoms. The van der Waals surface area contributed by atoms with Crippen LogP contribution < -0.4 is 4.74 Å². The first kappa shape index (κ1) is 11.1. The Hall–Kier alpha value is -0.960. The fraction of sp³-hybridized carbons (Fsp3) is 0.364. The first-order valence-corrected chi connectivity index (χ1v) is 5.68. The molecule has 76 valence electrons. The lowest BCUT2D eigenvalue weighted by Gasteiger charge is -2.06. The van der Waals surface area contributed by atoms with Gasteiger partial charge in [-0.25, -0.2) is 0 Å². The van der Waals surface area contributed by atoms with E-state index in [1.807, 2.05) is 24.5 Å². The fourth-order valence-electron chi connectivity index (χ4n) is 1.06. The molecule has 0 N–H and O–H groups in total. The number of aliphatic imine (C=N–C) groups is 1. The zero-order chi connectivity index (χ0) is 10.4. The molecular weight excluding hydrogens is 194 g/mol. The summed E-state index contributed by atoms with van der Waals surface area (Å²) in [5.74, 6) is 0.903. The maximum atomic E-state index is 5.58. The van der Waals surface area contributed by atoms with Gasteiger partial charge in [-0.15, -0.1) is 11.8 Å². The summed E-state index contributed by atoms with van der Waals surface area (Å²) in [6.07, 6.45) is 2.00. The minimum absolute atomic E-state index is 0.557. The van der Waals surface area contributed by atoms with Gasteiger partial charge in [0.1, 0.15) is 17.4 Å². The lowest BCUT2D eigenvalue weighted by atomic mass is 10.2. The van der Waals surface area contributed by atoms with E-state index in [0.717, 1.165) is 10.8 Å². The third kappa shape index (κ3) is 3.42. The maximum Gasteiger partial charge on any atom is 0.136 e. The SMILES string of the molecule is CN=C(COc1cccc(C)c1)SC. The first-order chi connectivity index (χ1) is 6.76. The zero-order valence-corrected chi connectivity index (χ0v) is 9.60. The third-order valence-corrected chi connectivity index (χ3v) is 2.61. The van der Waals surface area contributed by atoms with Crippen LogP contribution in [0.3, 0.4) is 0 Å². The lowest BCUT2D eigenvalue weighted by Crippen LogP contribution is -2.07. The number of ether oxygens (including phenoxy) is 1. The Morgan fingerprint density at radius 2 is 2.29 bits per heavy atom. The average molecular weight is 209 g/mol. The van der Waals surface area contributed by atoms with Crippen LogP contribution in [0.1, 0.15) is 5.56 Å². The Labute approximate surface area is 89.4 Å². The summed E-state index contributed by atoms with van der Waals surface area (Å²) in [7, 11) is 1.78. The Morgan fingerprint density at radius 3 is 2.86 bits per heavy atom. The van der Waals surface area contributed by atoms with Crippen LogP contribution in [-0.2, 0) is 0 Å². The molecule has 0 amide bonds. The molecular formula is C11H15NOS. The predicted molar refractivity (Wildman–Crippen MR) is 63.5 cm³/mol. The Kier molecular flexibility index (Phi) is 4.53. The lowest BCUT2D eigenvalue weighted by molar-refractivity contribution is 0.379. The van der Waals surface area contributed by atoms with Gasteiger partial charge in [0, 0.05) is 7.05 Å². The van der Waals surface area contributed by atoms with Gasteiger partial charge in [-0.05, 0) is 30.9 Å². The second kappa shape index (κ2) is 5.70. The van der Waals surface area contributed by atoms with Crippen molar-refractivity contribution in [2.75, 3.05) is 19.9 Å². The number of hydrogen-bond donors (Lipinski definition) is 0. The number of thioether (sulfide) groups is 1. The summed E-state index contributed by atoms with van der Waals surface area (Å²) in [6.45, 7) is 2.61. The van der Waals surface area contributed by atoms with E-state index in [2.05, 4.69) is 18.0 Å². The van der Waals surface area contributed by atoms with Crippen LogP contribution in [0.2, 0.25) is 0 Å². The van der Waals surface area contributed by atoms with Crippen molar-refractivity contribution in [3.05, 3.63) is 29.8 Å². The fourth-order valence-corrected chi connectivity index (χ4v) is 1.42. The van der Waals surface area contributed by atoms with Crippen LogP contribution in [0.25, 0.3) is 0 Å². The number of benzene rings is 1. The molecule has 0 aliphatic carbocycles. The van der Waals surface area contributed by atoms with Gasteiger partial charge in [0.25, 0.3) is 0 Å². The Morgan fingerprint density at radius 1 is 1.50 bits per heavy atom. The Balaban J connectivity index is 2.53. The summed E-state index contributed by atoms with van der Waals surface area (Å²) >= 11 is 1.62. The minimum Gasteiger partial charge on any atom is -0.487 e. The van der Waals surface area contributed by atoms with Crippen molar-refractivity contribution in [1.29, 1.82) is 0 Å². The smallest absolute Gasteiger partial charge is 0.136 e. The molecule has 0 heterocycles. The van der Waals surface area contributed by atoms with E-state index in [1.54, 1.807) is 18.8 Å². The molecule has 0 aliphatic heterocycles. The van der Waals surface area contributed by atoms with E-state index in [9.17, 15) is 0 Å². The molecule has 1 aromatic carbocycles. The molecule has 1 rings (SSSR count). The molecule has 0 aromatic heterocycles. The quantitative estimate of drug-likeness (QED) is 0.564. The molecule has 0 bridgehead atoms. The monoisotopic (exact) mass is 209 g/mol. The van der Waals surface area contributed by atoms with E-state index >= 15 is 0 Å². The molecule has 0 saturated carbocycles. The van der Waals surface area contributed by atoms with Crippen LogP contribution in [0, 0.1) is 6.92 Å². The van der Waals surface area contributed by atoms with Gasteiger partial charge in [-0.3, -0.25) is 4.99 Å². The number of hydrogen-bond acceptors (Lipinski definition) is 3. The van der Waals surface area contributed by atoms with E-state index in [0.29, 0.717) is 6.61 Å². The van der Waals surface area contributed by atoms with Crippen LogP contribution in [-0.4, -0.2) is 25.0 Å². The normalized spacial score (nSPS) is 11.5. The van der Waals surface area contributed by atoms with Crippen LogP contribution in [0.5, 0.6) is 5.75 Å². The molecule has 1 aromatic rings. The van der Waals surface area contributed by atoms with Gasteiger partial charge in [-0.1, -0.05) is 12.1 Å². The predicted octanol–water partition coefficient (Wildman–Crippen LogP) is 2.77. The van der Waals surface area contributed by atoms with Gasteiger partial charge < -0.3 is 4.74 Å². The van der Waals surface area contributed by atoms with Gasteiger partial charge in [0.15, 0.2) is 0 Å². The second-order valence-electron chi connectivity index (χ2n) is 2.93. The largest absolute Gasteiger partial charge is 0.487 e. The number of aryl methyl sites for hydroxylation is 1. The standard InChI is InChI=1S/C11H15NOS/c1-9-5-4-6-10(7-9)13-8-11(12-2)14-3/h4-7H,8H2,1-3H3. The van der Waals surface area contributed by atoms with Crippen LogP contribution in [0.4, 0.5) is 0 Å². The average Bonchev–Trinajstić information content (AvgIpc) is 2.19. The molecule has 14 heavy (non-hydrogen) atoms. The molecule has 2 nitrogen and oxygen atoms in total. The summed E-state index contributed by atoms with van der Waals surface area (Å²) in [4.78, 5) is 4.10. The molecule has 0 spiro atoms. The van der Waals surface area contributed by atoms with Crippen LogP contribution in [0.15, 0.2) is 29.3 Å². The van der Waals surface area contributed by atoms with Crippen LogP contribution >= 0.6 is 11.8 Å². The number of rotatable bonds is 3. The van der Waals surface area contributed by atoms with E-state index in [-0.39, 0.29) is 0 Å². The van der Waals surface area contributed by atoms with E-state index < -0.39 is 0 Å². The summed E-state index contributed by atoms with van der Waals surface area (Å²) in [5, 5.41) is 1.01. The van der Waals surface area contributed by atoms with Crippen molar-refractivity contribution in [1.82, 2.24) is 0 Å². The summed E-state index contributed by atoms with van der Waals surface area (Å²) in [6, 6.07) is 8.02. The van der Waals surface area contributed by atoms with Crippen molar-refractivity contribution >= 4 is 16.8 Å². The molecule has 0 fully saturated rings. The molecule has 0 unspecified atom stereocenters. The number of nitrogens with zero attached hydrogens (tertiary/aromatic N) is 1. The summed E-state index contributed by atoms with van der Waals surface area (Å²) in [5.41, 5.74) is 1.21. The molecule has 0 atom stereocenters. The maximum absolute atomic E-state index is 5.58. The highest BCUT2D eigenvalue weighted by Gasteiger charge is 1.98. The zero-order valence-electron chi connectivity index (χ0n) is 8.78. The van der Waals surface area contributed by atoms with E-state index in [4.69, 9.17) is 4.74 Å². The van der Waals surface area contributed by atoms with E-state index in [1.165, 1.54) is 5.56 Å². The molecule has 0 aliphatic rings. The Bertz CT molecular complexity index is 323. The topological polar surface area (TPSA) is 21.6 Å². The highest BCUT2D eigenvalue weighted by molar-refractivity contribution is 8.13. The highest BCUT2D eigenvalue weighted by atomic mass is 32.2. The minimum atomic E-state index is 0.557. The van der Waals surface area contributed by atoms with Crippen molar-refractivity contribution in [2.45, 2.75) is 6.92 Å². The highest BCUT2D eigenvalue weighted by Crippen LogP contribution is 2.13. The molecule has 0 saturated heterocycles. The molecule has 0 radical (unpaired) electrons. The van der Waals surface area contributed by atoms with Gasteiger partial charge in [0.2, 0.25) is 0 Å².